The van der Waals surface area contributed by atoms with Crippen molar-refractivity contribution in [2.75, 3.05) is 12.4 Å². The average molecular weight is 264 g/mol. The zero-order valence-electron chi connectivity index (χ0n) is 11.3. The molecule has 2 aromatic carbocycles. The van der Waals surface area contributed by atoms with Crippen molar-refractivity contribution >= 4 is 11.6 Å². The van der Waals surface area contributed by atoms with Crippen molar-refractivity contribution in [2.24, 2.45) is 0 Å². The lowest BCUT2D eigenvalue weighted by Crippen LogP contribution is -2.10. The Morgan fingerprint density at radius 1 is 1.10 bits per heavy atom. The maximum absolute atomic E-state index is 11.8. The molecule has 20 heavy (non-hydrogen) atoms. The molecule has 0 unspecified atom stereocenters. The summed E-state index contributed by atoms with van der Waals surface area (Å²) < 4.78 is 0. The number of hydrogen-bond donors (Lipinski definition) is 2. The molecule has 3 nitrogen and oxygen atoms in total. The molecule has 0 bridgehead atoms. The van der Waals surface area contributed by atoms with Crippen LogP contribution in [0.25, 0.3) is 0 Å². The minimum absolute atomic E-state index is 0.310. The number of carbonyl (C=O) groups is 1. The molecule has 0 spiro atoms. The lowest BCUT2D eigenvalue weighted by molar-refractivity contribution is -0.111. The van der Waals surface area contributed by atoms with Crippen molar-refractivity contribution in [3.05, 3.63) is 65.7 Å². The number of rotatable bonds is 3. The minimum atomic E-state index is -0.310. The molecule has 0 aliphatic carbocycles. The van der Waals surface area contributed by atoms with E-state index in [0.29, 0.717) is 0 Å². The van der Waals surface area contributed by atoms with Gasteiger partial charge in [0.25, 0.3) is 0 Å². The number of carbonyl (C=O) groups excluding carboxylic acids is 1. The van der Waals surface area contributed by atoms with Crippen molar-refractivity contribution in [3.8, 4) is 11.8 Å². The van der Waals surface area contributed by atoms with Crippen LogP contribution in [0.1, 0.15) is 11.1 Å². The van der Waals surface area contributed by atoms with E-state index in [2.05, 4.69) is 22.5 Å². The molecule has 0 radical (unpaired) electrons. The van der Waals surface area contributed by atoms with E-state index in [-0.39, 0.29) is 5.91 Å². The fourth-order valence-electron chi connectivity index (χ4n) is 1.78. The topological polar surface area (TPSA) is 41.1 Å². The molecule has 3 heteroatoms. The number of hydrogen-bond acceptors (Lipinski definition) is 2. The second-order valence-corrected chi connectivity index (χ2v) is 4.30. The first-order valence-corrected chi connectivity index (χ1v) is 6.39. The van der Waals surface area contributed by atoms with E-state index in [1.54, 1.807) is 0 Å². The Morgan fingerprint density at radius 2 is 1.90 bits per heavy atom. The van der Waals surface area contributed by atoms with E-state index in [4.69, 9.17) is 0 Å². The molecule has 1 amide bonds. The summed E-state index contributed by atoms with van der Waals surface area (Å²) in [5, 5.41) is 5.84. The molecule has 100 valence electrons. The molecule has 0 saturated heterocycles. The van der Waals surface area contributed by atoms with Crippen LogP contribution in [-0.2, 0) is 11.3 Å². The van der Waals surface area contributed by atoms with Gasteiger partial charge in [-0.05, 0) is 36.9 Å². The highest BCUT2D eigenvalue weighted by atomic mass is 16.1. The summed E-state index contributed by atoms with van der Waals surface area (Å²) in [5.74, 6) is 5.10. The molecule has 0 saturated carbocycles. The zero-order valence-corrected chi connectivity index (χ0v) is 11.3. The fraction of sp³-hybridized carbons (Fsp3) is 0.118. The predicted molar refractivity (Wildman–Crippen MR) is 81.2 cm³/mol. The summed E-state index contributed by atoms with van der Waals surface area (Å²) in [6.45, 7) is 0.763. The van der Waals surface area contributed by atoms with Crippen LogP contribution in [0.4, 0.5) is 5.69 Å². The summed E-state index contributed by atoms with van der Waals surface area (Å²) >= 11 is 0. The van der Waals surface area contributed by atoms with E-state index >= 15 is 0 Å². The zero-order chi connectivity index (χ0) is 14.2. The summed E-state index contributed by atoms with van der Waals surface area (Å²) in [6, 6.07) is 17.1. The van der Waals surface area contributed by atoms with Gasteiger partial charge in [-0.25, -0.2) is 0 Å². The van der Waals surface area contributed by atoms with Gasteiger partial charge in [-0.1, -0.05) is 36.3 Å². The van der Waals surface area contributed by atoms with Gasteiger partial charge in [-0.3, -0.25) is 4.79 Å². The van der Waals surface area contributed by atoms with Crippen LogP contribution in [-0.4, -0.2) is 13.0 Å². The van der Waals surface area contributed by atoms with E-state index < -0.39 is 0 Å². The van der Waals surface area contributed by atoms with Crippen molar-refractivity contribution in [2.45, 2.75) is 6.54 Å². The minimum Gasteiger partial charge on any atom is -0.316 e. The lowest BCUT2D eigenvalue weighted by atomic mass is 10.2. The fourth-order valence-corrected chi connectivity index (χ4v) is 1.78. The van der Waals surface area contributed by atoms with Crippen LogP contribution in [0, 0.1) is 11.8 Å². The van der Waals surface area contributed by atoms with Crippen molar-refractivity contribution in [1.82, 2.24) is 5.32 Å². The Morgan fingerprint density at radius 3 is 2.65 bits per heavy atom. The SMILES string of the molecule is CNCc1cccc(NC(=O)C#Cc2ccccc2)c1. The van der Waals surface area contributed by atoms with Gasteiger partial charge in [0.15, 0.2) is 0 Å². The quantitative estimate of drug-likeness (QED) is 0.836. The van der Waals surface area contributed by atoms with Gasteiger partial charge in [-0.2, -0.15) is 0 Å². The number of nitrogens with one attached hydrogen (secondary N) is 2. The molecule has 0 fully saturated rings. The third kappa shape index (κ3) is 4.27. The van der Waals surface area contributed by atoms with Crippen LogP contribution in [0.2, 0.25) is 0 Å². The van der Waals surface area contributed by atoms with E-state index in [1.807, 2.05) is 61.6 Å². The van der Waals surface area contributed by atoms with Gasteiger partial charge >= 0.3 is 5.91 Å². The van der Waals surface area contributed by atoms with Gasteiger partial charge in [0.05, 0.1) is 0 Å². The van der Waals surface area contributed by atoms with Gasteiger partial charge in [0.1, 0.15) is 0 Å². The second-order valence-electron chi connectivity index (χ2n) is 4.30. The van der Waals surface area contributed by atoms with Gasteiger partial charge in [0, 0.05) is 23.7 Å². The molecule has 0 aromatic heterocycles. The number of anilines is 1. The molecule has 0 heterocycles. The largest absolute Gasteiger partial charge is 0.316 e. The standard InChI is InChI=1S/C17H16N2O/c1-18-13-15-8-5-9-16(12-15)19-17(20)11-10-14-6-3-2-4-7-14/h2-9,12,18H,13H2,1H3,(H,19,20). The smallest absolute Gasteiger partial charge is 0.300 e. The summed E-state index contributed by atoms with van der Waals surface area (Å²) in [6.07, 6.45) is 0. The first-order valence-electron chi connectivity index (χ1n) is 6.39. The Bertz CT molecular complexity index is 639. The Hall–Kier alpha value is -2.57. The second kappa shape index (κ2) is 7.13. The Kier molecular flexibility index (Phi) is 4.94. The van der Waals surface area contributed by atoms with Crippen molar-refractivity contribution in [1.29, 1.82) is 0 Å². The van der Waals surface area contributed by atoms with Gasteiger partial charge in [0.2, 0.25) is 0 Å². The van der Waals surface area contributed by atoms with E-state index in [1.165, 1.54) is 0 Å². The number of benzene rings is 2. The van der Waals surface area contributed by atoms with E-state index in [0.717, 1.165) is 23.4 Å². The van der Waals surface area contributed by atoms with Gasteiger partial charge in [-0.15, -0.1) is 0 Å². The van der Waals surface area contributed by atoms with Crippen LogP contribution in [0.5, 0.6) is 0 Å². The van der Waals surface area contributed by atoms with Crippen molar-refractivity contribution < 1.29 is 4.79 Å². The molecule has 2 N–H and O–H groups in total. The summed E-state index contributed by atoms with van der Waals surface area (Å²) in [5.41, 5.74) is 2.69. The molecule has 0 aliphatic heterocycles. The van der Waals surface area contributed by atoms with Crippen LogP contribution in [0.3, 0.4) is 0 Å². The third-order valence-corrected chi connectivity index (χ3v) is 2.66. The molecule has 2 rings (SSSR count). The highest BCUT2D eigenvalue weighted by Gasteiger charge is 1.99. The molecule has 2 aromatic rings. The number of amides is 1. The molecule has 0 aliphatic rings. The summed E-state index contributed by atoms with van der Waals surface area (Å²) in [7, 11) is 1.89. The molecular formula is C17H16N2O. The van der Waals surface area contributed by atoms with Crippen molar-refractivity contribution in [3.63, 3.8) is 0 Å². The highest BCUT2D eigenvalue weighted by molar-refractivity contribution is 6.04. The van der Waals surface area contributed by atoms with Crippen LogP contribution < -0.4 is 10.6 Å². The average Bonchev–Trinajstić information content (AvgIpc) is 2.47. The lowest BCUT2D eigenvalue weighted by Gasteiger charge is -2.04. The Labute approximate surface area is 119 Å². The van der Waals surface area contributed by atoms with Crippen LogP contribution in [0.15, 0.2) is 54.6 Å². The normalized spacial score (nSPS) is 9.45. The van der Waals surface area contributed by atoms with Crippen LogP contribution >= 0.6 is 0 Å². The van der Waals surface area contributed by atoms with Gasteiger partial charge < -0.3 is 10.6 Å². The molecule has 0 atom stereocenters. The highest BCUT2D eigenvalue weighted by Crippen LogP contribution is 2.10. The first-order chi connectivity index (χ1) is 9.78. The predicted octanol–water partition coefficient (Wildman–Crippen LogP) is 2.40. The first kappa shape index (κ1) is 13.9. The molecular weight excluding hydrogens is 248 g/mol. The maximum Gasteiger partial charge on any atom is 0.300 e. The maximum atomic E-state index is 11.8. The Balaban J connectivity index is 2.02. The van der Waals surface area contributed by atoms with E-state index in [9.17, 15) is 4.79 Å². The summed E-state index contributed by atoms with van der Waals surface area (Å²) in [4.78, 5) is 11.8. The third-order valence-electron chi connectivity index (χ3n) is 2.66. The monoisotopic (exact) mass is 264 g/mol.